The molecule has 5 saturated heterocycles. The number of nitrogens with zero attached hydrogens (tertiary/aromatic N) is 12. The van der Waals surface area contributed by atoms with Crippen LogP contribution < -0.4 is 0 Å². The van der Waals surface area contributed by atoms with Gasteiger partial charge in [0.25, 0.3) is 0 Å². The molecule has 93 heavy (non-hydrogen) atoms. The van der Waals surface area contributed by atoms with Crippen LogP contribution in [0.3, 0.4) is 0 Å². The van der Waals surface area contributed by atoms with Crippen molar-refractivity contribution in [3.8, 4) is 36.4 Å². The number of rotatable bonds is 6. The summed E-state index contributed by atoms with van der Waals surface area (Å²) in [5.41, 5.74) is 14.3. The fourth-order valence-corrected chi connectivity index (χ4v) is 11.1. The third-order valence-corrected chi connectivity index (χ3v) is 15.9. The fourth-order valence-electron chi connectivity index (χ4n) is 11.1. The summed E-state index contributed by atoms with van der Waals surface area (Å²) in [6.07, 6.45) is 22.7. The van der Waals surface area contributed by atoms with E-state index < -0.39 is 24.4 Å². The highest BCUT2D eigenvalue weighted by molar-refractivity contribution is 6.04. The van der Waals surface area contributed by atoms with Gasteiger partial charge in [0, 0.05) is 64.1 Å². The molecule has 0 bridgehead atoms. The summed E-state index contributed by atoms with van der Waals surface area (Å²) in [6, 6.07) is 46.2. The van der Waals surface area contributed by atoms with Crippen LogP contribution in [0.2, 0.25) is 0 Å². The van der Waals surface area contributed by atoms with E-state index in [0.717, 1.165) is 84.4 Å². The normalized spacial score (nSPS) is 26.6. The van der Waals surface area contributed by atoms with Gasteiger partial charge in [-0.25, -0.2) is 15.0 Å². The fraction of sp³-hybridized carbons (Fsp3) is 0.194. The van der Waals surface area contributed by atoms with E-state index in [0.29, 0.717) is 5.69 Å². The van der Waals surface area contributed by atoms with Crippen LogP contribution in [0.5, 0.6) is 0 Å². The maximum absolute atomic E-state index is 9.80. The van der Waals surface area contributed by atoms with Gasteiger partial charge in [-0.2, -0.15) is 31.6 Å². The molecule has 454 valence electrons. The first-order valence-corrected chi connectivity index (χ1v) is 29.3. The number of allylic oxidation sites excluding steroid dienone is 6. The average Bonchev–Trinajstić information content (AvgIpc) is 1.54. The second-order valence-electron chi connectivity index (χ2n) is 21.8. The van der Waals surface area contributed by atoms with Crippen LogP contribution in [-0.4, -0.2) is 93.8 Å². The summed E-state index contributed by atoms with van der Waals surface area (Å²) in [5.74, 6) is 0. The Bertz CT molecular complexity index is 4630. The first-order valence-electron chi connectivity index (χ1n) is 29.3. The Morgan fingerprint density at radius 1 is 0.376 bits per heavy atom. The van der Waals surface area contributed by atoms with Crippen LogP contribution in [0.1, 0.15) is 122 Å². The summed E-state index contributed by atoms with van der Waals surface area (Å²) in [5, 5.41) is 90.3. The van der Waals surface area contributed by atoms with Crippen molar-refractivity contribution in [3.05, 3.63) is 243 Å². The molecule has 21 heteroatoms. The highest BCUT2D eigenvalue weighted by Crippen LogP contribution is 2.60. The summed E-state index contributed by atoms with van der Waals surface area (Å²) in [6.45, 7) is 0. The number of hydrogen-bond donors (Lipinski definition) is 4. The molecular weight excluding hydrogens is 1180 g/mol. The quantitative estimate of drug-likeness (QED) is 0.0888. The van der Waals surface area contributed by atoms with E-state index in [9.17, 15) is 20.4 Å². The van der Waals surface area contributed by atoms with E-state index in [1.807, 2.05) is 152 Å². The second kappa shape index (κ2) is 27.8. The number of aliphatic hydroxyl groups is 4. The number of fused-ring (bicyclic) bond motifs is 17. The number of benzene rings is 2. The number of para-hydroxylation sites is 2. The molecule has 6 aliphatic heterocycles. The lowest BCUT2D eigenvalue weighted by Crippen LogP contribution is -2.42. The second-order valence-corrected chi connectivity index (χ2v) is 21.8. The summed E-state index contributed by atoms with van der Waals surface area (Å²) in [7, 11) is 0. The van der Waals surface area contributed by atoms with Gasteiger partial charge in [0.2, 0.25) is 0 Å². The van der Waals surface area contributed by atoms with Crippen molar-refractivity contribution >= 4 is 64.8 Å². The van der Waals surface area contributed by atoms with Crippen molar-refractivity contribution in [3.63, 3.8) is 0 Å². The molecule has 0 radical (unpaired) electrons. The zero-order chi connectivity index (χ0) is 64.5. The van der Waals surface area contributed by atoms with Crippen molar-refractivity contribution in [1.82, 2.24) is 24.9 Å². The molecule has 21 nitrogen and oxygen atoms in total. The summed E-state index contributed by atoms with van der Waals surface area (Å²) >= 11 is 0. The van der Waals surface area contributed by atoms with Gasteiger partial charge in [-0.3, -0.25) is 15.0 Å². The third-order valence-electron chi connectivity index (χ3n) is 15.9. The molecule has 4 N–H and O–H groups in total. The van der Waals surface area contributed by atoms with Crippen LogP contribution in [-0.2, 0) is 23.7 Å². The molecule has 14 unspecified atom stereocenters. The minimum Gasteiger partial charge on any atom is -0.387 e. The molecule has 5 fully saturated rings. The lowest BCUT2D eigenvalue weighted by Gasteiger charge is -2.33. The number of ether oxygens (including phenoxy) is 5. The Balaban J connectivity index is 0.000000108. The predicted molar refractivity (Wildman–Crippen MR) is 338 cm³/mol. The van der Waals surface area contributed by atoms with Gasteiger partial charge in [0.1, 0.15) is 85.5 Å². The minimum absolute atomic E-state index is 0.0597. The van der Waals surface area contributed by atoms with Gasteiger partial charge in [-0.05, 0) is 90.6 Å². The van der Waals surface area contributed by atoms with Crippen LogP contribution in [0.25, 0.3) is 53.4 Å². The van der Waals surface area contributed by atoms with Crippen molar-refractivity contribution in [1.29, 1.82) is 31.6 Å². The number of aliphatic hydroxyl groups excluding tert-OH is 4. The lowest BCUT2D eigenvalue weighted by molar-refractivity contribution is -0.122. The smallest absolute Gasteiger partial charge is 0.131 e. The number of aromatic nitrogens is 5. The van der Waals surface area contributed by atoms with Crippen molar-refractivity contribution in [2.75, 3.05) is 0 Å². The molecule has 17 rings (SSSR count). The number of hydrogen-bond acceptors (Lipinski definition) is 21. The lowest BCUT2D eigenvalue weighted by atomic mass is 9.86. The van der Waals surface area contributed by atoms with Crippen LogP contribution in [0.15, 0.2) is 169 Å². The average molecular weight is 1230 g/mol. The SMILES string of the molecule is N#C/C=C/C1=Nc2ccccc2C2OC12.N#C/C=C/c1ccc2c(n1)C(O)C(O)C(O)C2O.N#C/C=C/c1ccc2c(n1)C1OC1C1OC21.N#C/C=C/c1ccc2c(n1)C1OC1C=C2.N#C/C=C/c1ccc2c(n1)C=CC1OC21.N#C/C=C/c1ccc2ccccc2n1. The largest absolute Gasteiger partial charge is 0.387 e. The van der Waals surface area contributed by atoms with Gasteiger partial charge < -0.3 is 44.1 Å². The predicted octanol–water partition coefficient (Wildman–Crippen LogP) is 10.2. The molecule has 5 aromatic heterocycles. The monoisotopic (exact) mass is 1230 g/mol. The first kappa shape index (κ1) is 61.8. The van der Waals surface area contributed by atoms with Crippen molar-refractivity contribution in [2.45, 2.75) is 85.5 Å². The summed E-state index contributed by atoms with van der Waals surface area (Å²) < 4.78 is 27.5. The van der Waals surface area contributed by atoms with E-state index in [4.69, 9.17) is 55.3 Å². The van der Waals surface area contributed by atoms with Gasteiger partial charge in [-0.1, -0.05) is 85.0 Å². The van der Waals surface area contributed by atoms with Gasteiger partial charge in [0.15, 0.2) is 0 Å². The van der Waals surface area contributed by atoms with Crippen LogP contribution >= 0.6 is 0 Å². The van der Waals surface area contributed by atoms with Gasteiger partial charge >= 0.3 is 0 Å². The zero-order valence-corrected chi connectivity index (χ0v) is 48.9. The molecule has 4 aliphatic carbocycles. The first-order chi connectivity index (χ1) is 45.5. The Kier molecular flexibility index (Phi) is 18.5. The van der Waals surface area contributed by atoms with E-state index in [-0.39, 0.29) is 72.3 Å². The van der Waals surface area contributed by atoms with E-state index in [1.165, 1.54) is 48.6 Å². The zero-order valence-electron chi connectivity index (χ0n) is 48.9. The standard InChI is InChI=1S/C12H12N2O4.C12H8N2O2.3C12H8N2O.C12H8N2/c13-5-1-2-6-3-4-7-8(14-6)10(16)12(18)11(17)9(7)15;13-5-1-2-6-3-4-7-8(14-6)10-12(16-10)11-9(7)15-11;13-7-1-2-9-5-3-8-4-6-10-12(15-10)11(8)14-9;13-7-1-2-8-3-4-9-10(14-8)5-6-11-12(9)15-11;13-7-3-6-10-12-11(15-12)8-4-1-2-5-9(8)14-10;13-9-3-5-11-8-7-10-4-1-2-6-12(10)14-11/h1-4,9-12,15-18H;1-4,9-12H;1-6,10,12H;2*1-6,11-12H;1-8H/b4*2-1+;6-3+;5-3+. The molecule has 11 heterocycles. The van der Waals surface area contributed by atoms with Crippen LogP contribution in [0, 0.1) is 68.0 Å². The van der Waals surface area contributed by atoms with Crippen molar-refractivity contribution in [2.24, 2.45) is 4.99 Å². The molecular formula is C72H52N12O9. The molecule has 10 aliphatic rings. The Morgan fingerprint density at radius 2 is 0.892 bits per heavy atom. The van der Waals surface area contributed by atoms with Gasteiger partial charge in [-0.15, -0.1) is 0 Å². The molecule has 7 aromatic rings. The molecule has 0 saturated carbocycles. The Hall–Kier alpha value is -11.4. The molecule has 0 spiro atoms. The van der Waals surface area contributed by atoms with Crippen molar-refractivity contribution < 1.29 is 44.1 Å². The minimum atomic E-state index is -1.49. The number of nitriles is 6. The number of aliphatic imine (C=N–C) groups is 1. The molecule has 0 amide bonds. The highest BCUT2D eigenvalue weighted by Gasteiger charge is 2.64. The maximum Gasteiger partial charge on any atom is 0.131 e. The number of epoxide rings is 5. The summed E-state index contributed by atoms with van der Waals surface area (Å²) in [4.78, 5) is 26.3. The van der Waals surface area contributed by atoms with Gasteiger partial charge in [0.05, 0.1) is 105 Å². The van der Waals surface area contributed by atoms with E-state index >= 15 is 0 Å². The molecule has 2 aromatic carbocycles. The molecule has 14 atom stereocenters. The van der Waals surface area contributed by atoms with Crippen LogP contribution in [0.4, 0.5) is 5.69 Å². The Labute approximate surface area is 532 Å². The third kappa shape index (κ3) is 14.2. The number of pyridine rings is 5. The van der Waals surface area contributed by atoms with E-state index in [2.05, 4.69) is 36.0 Å². The maximum atomic E-state index is 9.80. The highest BCUT2D eigenvalue weighted by atomic mass is 16.7. The van der Waals surface area contributed by atoms with E-state index in [1.54, 1.807) is 36.4 Å². The topological polar surface area (TPSA) is 363 Å². The Morgan fingerprint density at radius 3 is 1.59 bits per heavy atom.